The molecule has 0 radical (unpaired) electrons. The molecule has 0 bridgehead atoms. The number of amides is 1. The average Bonchev–Trinajstić information content (AvgIpc) is 2.81. The minimum Gasteiger partial charge on any atom is -0.368 e. The molecule has 1 amide bonds. The van der Waals surface area contributed by atoms with Crippen molar-refractivity contribution in [3.05, 3.63) is 30.1 Å². The van der Waals surface area contributed by atoms with Crippen LogP contribution in [-0.4, -0.2) is 23.6 Å². The molecule has 15 heavy (non-hydrogen) atoms. The van der Waals surface area contributed by atoms with Gasteiger partial charge in [-0.25, -0.2) is 0 Å². The van der Waals surface area contributed by atoms with Gasteiger partial charge in [-0.15, -0.1) is 0 Å². The minimum absolute atomic E-state index is 0.0295. The van der Waals surface area contributed by atoms with E-state index in [1.807, 2.05) is 18.2 Å². The molecule has 0 spiro atoms. The number of hydrogen-bond acceptors (Lipinski definition) is 3. The van der Waals surface area contributed by atoms with Crippen LogP contribution in [0.25, 0.3) is 0 Å². The molecule has 1 aromatic heterocycles. The highest BCUT2D eigenvalue weighted by Gasteiger charge is 2.22. The molecule has 1 saturated heterocycles. The second-order valence-corrected chi connectivity index (χ2v) is 3.54. The van der Waals surface area contributed by atoms with E-state index in [1.54, 1.807) is 6.20 Å². The van der Waals surface area contributed by atoms with Crippen LogP contribution in [0, 0.1) is 0 Å². The standard InChI is InChI=1S/C11H14N2O2/c14-11(10-5-3-7-15-10)13-8-9-4-1-2-6-12-9/h1-2,4,6,10H,3,5,7-8H2,(H,13,14)/t10-/m1/s1. The Balaban J connectivity index is 1.80. The Labute approximate surface area is 88.7 Å². The van der Waals surface area contributed by atoms with Crippen molar-refractivity contribution >= 4 is 5.91 Å². The zero-order chi connectivity index (χ0) is 10.5. The van der Waals surface area contributed by atoms with Gasteiger partial charge in [0, 0.05) is 12.8 Å². The molecular formula is C11H14N2O2. The number of nitrogens with zero attached hydrogens (tertiary/aromatic N) is 1. The summed E-state index contributed by atoms with van der Waals surface area (Å²) in [5, 5.41) is 2.81. The topological polar surface area (TPSA) is 51.2 Å². The van der Waals surface area contributed by atoms with Crippen molar-refractivity contribution in [1.29, 1.82) is 0 Å². The van der Waals surface area contributed by atoms with Gasteiger partial charge in [0.2, 0.25) is 5.91 Å². The molecule has 1 aliphatic heterocycles. The molecule has 1 aliphatic rings. The molecule has 4 nitrogen and oxygen atoms in total. The number of nitrogens with one attached hydrogen (secondary N) is 1. The van der Waals surface area contributed by atoms with Gasteiger partial charge in [-0.1, -0.05) is 6.07 Å². The minimum atomic E-state index is -0.256. The van der Waals surface area contributed by atoms with Crippen molar-refractivity contribution < 1.29 is 9.53 Å². The third kappa shape index (κ3) is 2.76. The van der Waals surface area contributed by atoms with E-state index < -0.39 is 0 Å². The third-order valence-electron chi connectivity index (χ3n) is 2.39. The number of aromatic nitrogens is 1. The SMILES string of the molecule is O=C(NCc1ccccn1)[C@H]1CCCO1. The summed E-state index contributed by atoms with van der Waals surface area (Å²) >= 11 is 0. The fourth-order valence-electron chi connectivity index (χ4n) is 1.58. The fourth-order valence-corrected chi connectivity index (χ4v) is 1.58. The first-order valence-electron chi connectivity index (χ1n) is 5.15. The summed E-state index contributed by atoms with van der Waals surface area (Å²) in [7, 11) is 0. The van der Waals surface area contributed by atoms with Crippen molar-refractivity contribution in [2.24, 2.45) is 0 Å². The van der Waals surface area contributed by atoms with Gasteiger partial charge in [0.05, 0.1) is 12.2 Å². The van der Waals surface area contributed by atoms with E-state index in [0.717, 1.165) is 18.5 Å². The Kier molecular flexibility index (Phi) is 3.29. The van der Waals surface area contributed by atoms with E-state index in [0.29, 0.717) is 13.2 Å². The quantitative estimate of drug-likeness (QED) is 0.798. The van der Waals surface area contributed by atoms with E-state index in [-0.39, 0.29) is 12.0 Å². The van der Waals surface area contributed by atoms with Gasteiger partial charge < -0.3 is 10.1 Å². The molecule has 80 valence electrons. The lowest BCUT2D eigenvalue weighted by Gasteiger charge is -2.09. The van der Waals surface area contributed by atoms with Crippen LogP contribution in [0.5, 0.6) is 0 Å². The lowest BCUT2D eigenvalue weighted by atomic mass is 10.2. The van der Waals surface area contributed by atoms with Crippen molar-refractivity contribution in [2.75, 3.05) is 6.61 Å². The first-order valence-corrected chi connectivity index (χ1v) is 5.15. The molecule has 0 aromatic carbocycles. The zero-order valence-electron chi connectivity index (χ0n) is 8.48. The van der Waals surface area contributed by atoms with Gasteiger partial charge in [0.1, 0.15) is 6.10 Å². The predicted molar refractivity (Wildman–Crippen MR) is 55.1 cm³/mol. The first-order chi connectivity index (χ1) is 7.36. The molecule has 0 aliphatic carbocycles. The van der Waals surface area contributed by atoms with Gasteiger partial charge in [-0.05, 0) is 25.0 Å². The van der Waals surface area contributed by atoms with Crippen LogP contribution in [-0.2, 0) is 16.1 Å². The van der Waals surface area contributed by atoms with Crippen LogP contribution in [0.15, 0.2) is 24.4 Å². The van der Waals surface area contributed by atoms with Crippen LogP contribution in [0.4, 0.5) is 0 Å². The summed E-state index contributed by atoms with van der Waals surface area (Å²) in [6.07, 6.45) is 3.26. The second kappa shape index (κ2) is 4.89. The van der Waals surface area contributed by atoms with E-state index in [2.05, 4.69) is 10.3 Å². The summed E-state index contributed by atoms with van der Waals surface area (Å²) in [5.74, 6) is -0.0295. The molecule has 1 aromatic rings. The smallest absolute Gasteiger partial charge is 0.249 e. The van der Waals surface area contributed by atoms with E-state index in [4.69, 9.17) is 4.74 Å². The fraction of sp³-hybridized carbons (Fsp3) is 0.455. The maximum Gasteiger partial charge on any atom is 0.249 e. The van der Waals surface area contributed by atoms with Crippen molar-refractivity contribution in [3.8, 4) is 0 Å². The van der Waals surface area contributed by atoms with E-state index >= 15 is 0 Å². The summed E-state index contributed by atoms with van der Waals surface area (Å²) < 4.78 is 5.27. The zero-order valence-corrected chi connectivity index (χ0v) is 8.48. The second-order valence-electron chi connectivity index (χ2n) is 3.54. The van der Waals surface area contributed by atoms with Gasteiger partial charge in [-0.2, -0.15) is 0 Å². The lowest BCUT2D eigenvalue weighted by molar-refractivity contribution is -0.130. The number of carbonyl (C=O) groups is 1. The number of hydrogen-bond donors (Lipinski definition) is 1. The summed E-state index contributed by atoms with van der Waals surface area (Å²) in [4.78, 5) is 15.7. The average molecular weight is 206 g/mol. The number of rotatable bonds is 3. The molecular weight excluding hydrogens is 192 g/mol. The van der Waals surface area contributed by atoms with Crippen molar-refractivity contribution in [2.45, 2.75) is 25.5 Å². The Bertz CT molecular complexity index is 321. The third-order valence-corrected chi connectivity index (χ3v) is 2.39. The Morgan fingerprint density at radius 3 is 3.20 bits per heavy atom. The van der Waals surface area contributed by atoms with Gasteiger partial charge in [0.25, 0.3) is 0 Å². The molecule has 2 rings (SSSR count). The van der Waals surface area contributed by atoms with Crippen LogP contribution in [0.2, 0.25) is 0 Å². The molecule has 2 heterocycles. The normalized spacial score (nSPS) is 20.1. The number of ether oxygens (including phenoxy) is 1. The van der Waals surface area contributed by atoms with E-state index in [1.165, 1.54) is 0 Å². The molecule has 0 saturated carbocycles. The Morgan fingerprint density at radius 1 is 1.60 bits per heavy atom. The number of pyridine rings is 1. The highest BCUT2D eigenvalue weighted by atomic mass is 16.5. The monoisotopic (exact) mass is 206 g/mol. The number of carbonyl (C=O) groups excluding carboxylic acids is 1. The molecule has 1 fully saturated rings. The van der Waals surface area contributed by atoms with Crippen LogP contribution >= 0.6 is 0 Å². The summed E-state index contributed by atoms with van der Waals surface area (Å²) in [6.45, 7) is 1.17. The largest absolute Gasteiger partial charge is 0.368 e. The van der Waals surface area contributed by atoms with Crippen LogP contribution in [0.3, 0.4) is 0 Å². The van der Waals surface area contributed by atoms with E-state index in [9.17, 15) is 4.79 Å². The van der Waals surface area contributed by atoms with Crippen LogP contribution < -0.4 is 5.32 Å². The van der Waals surface area contributed by atoms with Gasteiger partial charge >= 0.3 is 0 Å². The highest BCUT2D eigenvalue weighted by Crippen LogP contribution is 2.11. The molecule has 0 unspecified atom stereocenters. The van der Waals surface area contributed by atoms with Gasteiger partial charge in [0.15, 0.2) is 0 Å². The molecule has 4 heteroatoms. The predicted octanol–water partition coefficient (Wildman–Crippen LogP) is 0.877. The van der Waals surface area contributed by atoms with Crippen molar-refractivity contribution in [1.82, 2.24) is 10.3 Å². The van der Waals surface area contributed by atoms with Crippen LogP contribution in [0.1, 0.15) is 18.5 Å². The summed E-state index contributed by atoms with van der Waals surface area (Å²) in [6, 6.07) is 5.64. The van der Waals surface area contributed by atoms with Gasteiger partial charge in [-0.3, -0.25) is 9.78 Å². The Hall–Kier alpha value is -1.42. The van der Waals surface area contributed by atoms with Crippen molar-refractivity contribution in [3.63, 3.8) is 0 Å². The highest BCUT2D eigenvalue weighted by molar-refractivity contribution is 5.80. The molecule has 1 atom stereocenters. The lowest BCUT2D eigenvalue weighted by Crippen LogP contribution is -2.33. The maximum absolute atomic E-state index is 11.6. The molecule has 1 N–H and O–H groups in total. The first kappa shape index (κ1) is 10.1. The summed E-state index contributed by atoms with van der Waals surface area (Å²) in [5.41, 5.74) is 0.865. The maximum atomic E-state index is 11.6. The Morgan fingerprint density at radius 2 is 2.53 bits per heavy atom.